The Balaban J connectivity index is 4.07. The number of esters is 2. The minimum absolute atomic E-state index is 0.0855. The maximum absolute atomic E-state index is 12.3. The van der Waals surface area contributed by atoms with Crippen molar-refractivity contribution in [2.24, 2.45) is 0 Å². The molecule has 0 aliphatic carbocycles. The Morgan fingerprint density at radius 2 is 1.02 bits per heavy atom. The van der Waals surface area contributed by atoms with Gasteiger partial charge in [-0.05, 0) is 70.6 Å². The Morgan fingerprint density at radius 3 is 1.55 bits per heavy atom. The third-order valence-electron chi connectivity index (χ3n) is 7.47. The molecule has 0 bridgehead atoms. The molecule has 0 aromatic carbocycles. The molecule has 0 aliphatic rings. The molecule has 0 saturated carbocycles. The zero-order chi connectivity index (χ0) is 36.1. The van der Waals surface area contributed by atoms with Crippen LogP contribution in [-0.4, -0.2) is 41.0 Å². The maximum atomic E-state index is 12.3. The van der Waals surface area contributed by atoms with Crippen LogP contribution in [0.5, 0.6) is 0 Å². The van der Waals surface area contributed by atoms with Crippen LogP contribution in [0, 0.1) is 0 Å². The Hall–Kier alpha value is -2.51. The van der Waals surface area contributed by atoms with Gasteiger partial charge in [-0.2, -0.15) is 0 Å². The van der Waals surface area contributed by atoms with Crippen molar-refractivity contribution in [2.75, 3.05) is 13.2 Å². The van der Waals surface area contributed by atoms with Gasteiger partial charge in [0.15, 0.2) is 6.10 Å². The van der Waals surface area contributed by atoms with Gasteiger partial charge in [0.1, 0.15) is 6.61 Å². The van der Waals surface area contributed by atoms with E-state index in [1.807, 2.05) is 12.2 Å². The Morgan fingerprint density at radius 1 is 0.551 bits per heavy atom. The number of phosphoric acid groups is 1. The molecule has 0 aromatic rings. The third-order valence-corrected chi connectivity index (χ3v) is 7.96. The average Bonchev–Trinajstić information content (AvgIpc) is 3.07. The summed E-state index contributed by atoms with van der Waals surface area (Å²) >= 11 is 0. The zero-order valence-electron chi connectivity index (χ0n) is 30.6. The van der Waals surface area contributed by atoms with Crippen LogP contribution in [0.25, 0.3) is 0 Å². The molecule has 49 heavy (non-hydrogen) atoms. The van der Waals surface area contributed by atoms with Gasteiger partial charge in [0.2, 0.25) is 0 Å². The van der Waals surface area contributed by atoms with Gasteiger partial charge >= 0.3 is 19.8 Å². The fraction of sp³-hybridized carbons (Fsp3) is 0.650. The lowest BCUT2D eigenvalue weighted by molar-refractivity contribution is -0.161. The number of unbranched alkanes of at least 4 members (excludes halogenated alkanes) is 11. The molecule has 0 spiro atoms. The molecule has 0 saturated heterocycles. The fourth-order valence-corrected chi connectivity index (χ4v) is 5.07. The quantitative estimate of drug-likeness (QED) is 0.0299. The fourth-order valence-electron chi connectivity index (χ4n) is 4.71. The van der Waals surface area contributed by atoms with Crippen molar-refractivity contribution in [3.63, 3.8) is 0 Å². The molecular formula is C40H67O8P. The van der Waals surface area contributed by atoms with Crippen molar-refractivity contribution in [3.05, 3.63) is 72.9 Å². The van der Waals surface area contributed by atoms with Gasteiger partial charge in [0, 0.05) is 12.8 Å². The van der Waals surface area contributed by atoms with E-state index >= 15 is 0 Å². The topological polar surface area (TPSA) is 119 Å². The van der Waals surface area contributed by atoms with Gasteiger partial charge in [-0.1, -0.05) is 138 Å². The van der Waals surface area contributed by atoms with E-state index in [0.717, 1.165) is 57.8 Å². The SMILES string of the molecule is CC/C=C\C/C=C\C/C=C\C/C=C\CCC(=O)OC(COC(=O)CCCCCCCCC/C=C\C/C=C\CCCCCC)COP(=O)(O)O. The molecule has 9 heteroatoms. The molecule has 280 valence electrons. The third kappa shape index (κ3) is 38.1. The number of hydrogen-bond donors (Lipinski definition) is 2. The maximum Gasteiger partial charge on any atom is 0.469 e. The van der Waals surface area contributed by atoms with Gasteiger partial charge in [0.25, 0.3) is 0 Å². The Labute approximate surface area is 298 Å². The van der Waals surface area contributed by atoms with E-state index in [2.05, 4.69) is 79.1 Å². The molecule has 0 aromatic heterocycles. The van der Waals surface area contributed by atoms with Gasteiger partial charge in [-0.3, -0.25) is 14.1 Å². The monoisotopic (exact) mass is 706 g/mol. The van der Waals surface area contributed by atoms with Crippen molar-refractivity contribution < 1.29 is 37.9 Å². The highest BCUT2D eigenvalue weighted by molar-refractivity contribution is 7.46. The van der Waals surface area contributed by atoms with E-state index in [1.165, 1.54) is 51.4 Å². The average molecular weight is 707 g/mol. The molecule has 1 atom stereocenters. The molecule has 8 nitrogen and oxygen atoms in total. The van der Waals surface area contributed by atoms with E-state index < -0.39 is 32.5 Å². The van der Waals surface area contributed by atoms with Crippen molar-refractivity contribution in [3.8, 4) is 0 Å². The summed E-state index contributed by atoms with van der Waals surface area (Å²) in [5, 5.41) is 0. The standard InChI is InChI=1S/C40H67O8P/c1-3-5-7-9-11-13-15-17-18-19-20-21-23-24-26-28-30-32-34-39(41)46-36-38(37-47-49(43,44)45)48-40(42)35-33-31-29-27-25-22-16-14-12-10-8-6-4-2/h6,8,12-15,18-19,22,25,29,31,38H,3-5,7,9-11,16-17,20-21,23-24,26-28,30,32-37H2,1-2H3,(H2,43,44,45)/b8-6-,14-12-,15-13-,19-18-,25-22-,31-29-. The van der Waals surface area contributed by atoms with Crippen LogP contribution in [0.4, 0.5) is 0 Å². The summed E-state index contributed by atoms with van der Waals surface area (Å²) in [5.41, 5.74) is 0. The second kappa shape index (κ2) is 35.3. The van der Waals surface area contributed by atoms with Gasteiger partial charge in [-0.25, -0.2) is 4.57 Å². The lowest BCUT2D eigenvalue weighted by Gasteiger charge is -2.18. The summed E-state index contributed by atoms with van der Waals surface area (Å²) < 4.78 is 26.2. The van der Waals surface area contributed by atoms with Crippen LogP contribution >= 0.6 is 7.82 Å². The number of carbonyl (C=O) groups is 2. The Bertz CT molecular complexity index is 1020. The van der Waals surface area contributed by atoms with Crippen LogP contribution in [0.2, 0.25) is 0 Å². The van der Waals surface area contributed by atoms with Crippen molar-refractivity contribution in [1.29, 1.82) is 0 Å². The lowest BCUT2D eigenvalue weighted by Crippen LogP contribution is -2.29. The number of rotatable bonds is 33. The van der Waals surface area contributed by atoms with Gasteiger partial charge in [0.05, 0.1) is 6.61 Å². The van der Waals surface area contributed by atoms with Crippen LogP contribution in [0.3, 0.4) is 0 Å². The first kappa shape index (κ1) is 46.5. The minimum atomic E-state index is -4.77. The van der Waals surface area contributed by atoms with E-state index in [4.69, 9.17) is 19.3 Å². The predicted molar refractivity (Wildman–Crippen MR) is 202 cm³/mol. The summed E-state index contributed by atoms with van der Waals surface area (Å²) in [6.07, 6.45) is 45.0. The summed E-state index contributed by atoms with van der Waals surface area (Å²) in [4.78, 5) is 42.6. The summed E-state index contributed by atoms with van der Waals surface area (Å²) in [6, 6.07) is 0. The number of carbonyl (C=O) groups excluding carboxylic acids is 2. The summed E-state index contributed by atoms with van der Waals surface area (Å²) in [6.45, 7) is 3.46. The van der Waals surface area contributed by atoms with Crippen LogP contribution in [0.1, 0.15) is 149 Å². The Kier molecular flexibility index (Phi) is 33.5. The number of allylic oxidation sites excluding steroid dienone is 12. The lowest BCUT2D eigenvalue weighted by atomic mass is 10.1. The molecule has 0 aliphatic heterocycles. The highest BCUT2D eigenvalue weighted by Gasteiger charge is 2.22. The molecule has 0 radical (unpaired) electrons. The molecule has 0 fully saturated rings. The van der Waals surface area contributed by atoms with Crippen LogP contribution in [-0.2, 0) is 28.2 Å². The molecule has 2 N–H and O–H groups in total. The van der Waals surface area contributed by atoms with Crippen molar-refractivity contribution >= 4 is 19.8 Å². The van der Waals surface area contributed by atoms with Crippen molar-refractivity contribution in [2.45, 2.75) is 155 Å². The molecule has 0 amide bonds. The van der Waals surface area contributed by atoms with E-state index in [1.54, 1.807) is 0 Å². The second-order valence-corrected chi connectivity index (χ2v) is 13.4. The highest BCUT2D eigenvalue weighted by atomic mass is 31.2. The first-order valence-corrected chi connectivity index (χ1v) is 20.3. The number of hydrogen-bond acceptors (Lipinski definition) is 6. The summed E-state index contributed by atoms with van der Waals surface area (Å²) in [7, 11) is -4.77. The smallest absolute Gasteiger partial charge is 0.462 e. The second-order valence-electron chi connectivity index (χ2n) is 12.2. The highest BCUT2D eigenvalue weighted by Crippen LogP contribution is 2.35. The number of phosphoric ester groups is 1. The van der Waals surface area contributed by atoms with E-state index in [0.29, 0.717) is 12.8 Å². The largest absolute Gasteiger partial charge is 0.469 e. The van der Waals surface area contributed by atoms with Gasteiger partial charge in [-0.15, -0.1) is 0 Å². The minimum Gasteiger partial charge on any atom is -0.462 e. The molecular weight excluding hydrogens is 639 g/mol. The molecule has 0 heterocycles. The van der Waals surface area contributed by atoms with Gasteiger partial charge < -0.3 is 19.3 Å². The molecule has 1 unspecified atom stereocenters. The van der Waals surface area contributed by atoms with E-state index in [9.17, 15) is 14.2 Å². The van der Waals surface area contributed by atoms with Crippen LogP contribution in [0.15, 0.2) is 72.9 Å². The summed E-state index contributed by atoms with van der Waals surface area (Å²) in [5.74, 6) is -0.996. The first-order valence-electron chi connectivity index (χ1n) is 18.7. The van der Waals surface area contributed by atoms with Crippen molar-refractivity contribution in [1.82, 2.24) is 0 Å². The normalized spacial score (nSPS) is 13.3. The van der Waals surface area contributed by atoms with Crippen LogP contribution < -0.4 is 0 Å². The predicted octanol–water partition coefficient (Wildman–Crippen LogP) is 11.1. The zero-order valence-corrected chi connectivity index (χ0v) is 31.5. The molecule has 0 rings (SSSR count). The first-order chi connectivity index (χ1) is 23.8. The number of ether oxygens (including phenoxy) is 2. The van der Waals surface area contributed by atoms with E-state index in [-0.39, 0.29) is 19.4 Å².